The van der Waals surface area contributed by atoms with Gasteiger partial charge in [0.1, 0.15) is 5.69 Å². The molecule has 22 heavy (non-hydrogen) atoms. The van der Waals surface area contributed by atoms with Gasteiger partial charge in [-0.2, -0.15) is 13.9 Å². The van der Waals surface area contributed by atoms with E-state index in [0.29, 0.717) is 23.1 Å². The number of benzene rings is 1. The highest BCUT2D eigenvalue weighted by Crippen LogP contribution is 2.38. The molecule has 2 rings (SSSR count). The monoisotopic (exact) mass is 348 g/mol. The second kappa shape index (κ2) is 7.80. The van der Waals surface area contributed by atoms with E-state index in [2.05, 4.69) is 9.84 Å². The summed E-state index contributed by atoms with van der Waals surface area (Å²) in [6.45, 7) is -0.569. The van der Waals surface area contributed by atoms with Gasteiger partial charge in [-0.3, -0.25) is 0 Å². The summed E-state index contributed by atoms with van der Waals surface area (Å²) in [5.41, 5.74) is 1.05. The molecule has 0 unspecified atom stereocenters. The minimum absolute atomic E-state index is 0.0146. The van der Waals surface area contributed by atoms with Crippen molar-refractivity contribution in [2.24, 2.45) is 0 Å². The Kier molecular flexibility index (Phi) is 6.05. The molecule has 1 heterocycles. The number of hydrogen-bond acceptors (Lipinski definition) is 4. The number of nitrogens with zero attached hydrogens (tertiary/aromatic N) is 2. The van der Waals surface area contributed by atoms with Crippen LogP contribution in [-0.4, -0.2) is 35.9 Å². The summed E-state index contributed by atoms with van der Waals surface area (Å²) in [7, 11) is 1.61. The van der Waals surface area contributed by atoms with Crippen molar-refractivity contribution >= 4 is 23.4 Å². The molecule has 1 aromatic heterocycles. The van der Waals surface area contributed by atoms with Crippen LogP contribution in [0.5, 0.6) is 5.75 Å². The van der Waals surface area contributed by atoms with E-state index in [4.69, 9.17) is 16.3 Å². The number of methoxy groups -OCH3 is 1. The zero-order valence-corrected chi connectivity index (χ0v) is 13.6. The first-order valence-electron chi connectivity index (χ1n) is 6.44. The second-order valence-corrected chi connectivity index (χ2v) is 5.86. The van der Waals surface area contributed by atoms with Gasteiger partial charge in [0.25, 0.3) is 0 Å². The molecule has 8 heteroatoms. The molecule has 120 valence electrons. The summed E-state index contributed by atoms with van der Waals surface area (Å²) < 4.78 is 36.2. The Morgan fingerprint density at radius 3 is 2.73 bits per heavy atom. The molecule has 0 saturated carbocycles. The van der Waals surface area contributed by atoms with E-state index in [1.54, 1.807) is 32.4 Å². The maximum absolute atomic E-state index is 12.6. The summed E-state index contributed by atoms with van der Waals surface area (Å²) in [6.07, 6.45) is 1.65. The average molecular weight is 349 g/mol. The molecule has 0 bridgehead atoms. The van der Waals surface area contributed by atoms with Gasteiger partial charge >= 0.3 is 6.61 Å². The third-order valence-corrected chi connectivity index (χ3v) is 4.27. The fourth-order valence-corrected chi connectivity index (χ4v) is 3.08. The summed E-state index contributed by atoms with van der Waals surface area (Å²) in [5, 5.41) is 4.54. The van der Waals surface area contributed by atoms with Gasteiger partial charge in [-0.05, 0) is 25.1 Å². The molecule has 4 nitrogen and oxygen atoms in total. The van der Waals surface area contributed by atoms with E-state index in [1.165, 1.54) is 22.5 Å². The van der Waals surface area contributed by atoms with Crippen LogP contribution in [0.25, 0.3) is 5.69 Å². The molecule has 0 spiro atoms. The molecule has 0 aliphatic carbocycles. The zero-order valence-electron chi connectivity index (χ0n) is 12.1. The molecule has 0 N–H and O–H groups in total. The molecule has 0 radical (unpaired) electrons. The van der Waals surface area contributed by atoms with Crippen molar-refractivity contribution in [2.45, 2.75) is 18.4 Å². The van der Waals surface area contributed by atoms with Crippen LogP contribution < -0.4 is 4.74 Å². The minimum atomic E-state index is -2.93. The standard InChI is InChI=1S/C14H15ClF2N2O2S/c1-9-5-6-19(18-9)13-10(21-14(16)17)3-4-11(12(13)15)22-8-7-20-2/h3-6,14H,7-8H2,1-2H3. The first-order valence-corrected chi connectivity index (χ1v) is 7.81. The summed E-state index contributed by atoms with van der Waals surface area (Å²) in [6, 6.07) is 4.88. The molecule has 2 aromatic rings. The van der Waals surface area contributed by atoms with Crippen molar-refractivity contribution in [3.63, 3.8) is 0 Å². The van der Waals surface area contributed by atoms with Gasteiger partial charge in [-0.25, -0.2) is 4.68 Å². The van der Waals surface area contributed by atoms with E-state index in [9.17, 15) is 8.78 Å². The predicted molar refractivity (Wildman–Crippen MR) is 82.5 cm³/mol. The second-order valence-electron chi connectivity index (χ2n) is 4.35. The Balaban J connectivity index is 2.42. The van der Waals surface area contributed by atoms with Crippen LogP contribution in [0.3, 0.4) is 0 Å². The number of halogens is 3. The molecule has 0 fully saturated rings. The topological polar surface area (TPSA) is 36.3 Å². The van der Waals surface area contributed by atoms with Crippen molar-refractivity contribution in [2.75, 3.05) is 19.5 Å². The van der Waals surface area contributed by atoms with Crippen LogP contribution in [0.15, 0.2) is 29.3 Å². The van der Waals surface area contributed by atoms with Crippen molar-refractivity contribution in [1.29, 1.82) is 0 Å². The van der Waals surface area contributed by atoms with Gasteiger partial charge in [0.05, 0.1) is 17.3 Å². The largest absolute Gasteiger partial charge is 0.432 e. The summed E-state index contributed by atoms with van der Waals surface area (Å²) in [4.78, 5) is 0.753. The van der Waals surface area contributed by atoms with Crippen LogP contribution in [0.1, 0.15) is 5.69 Å². The van der Waals surface area contributed by atoms with Gasteiger partial charge < -0.3 is 9.47 Å². The Hall–Kier alpha value is -1.31. The average Bonchev–Trinajstić information content (AvgIpc) is 2.87. The van der Waals surface area contributed by atoms with E-state index >= 15 is 0 Å². The summed E-state index contributed by atoms with van der Waals surface area (Å²) in [5.74, 6) is 0.683. The lowest BCUT2D eigenvalue weighted by molar-refractivity contribution is -0.0499. The number of rotatable bonds is 7. The Morgan fingerprint density at radius 2 is 2.14 bits per heavy atom. The Morgan fingerprint density at radius 1 is 1.36 bits per heavy atom. The van der Waals surface area contributed by atoms with Crippen molar-refractivity contribution in [3.05, 3.63) is 35.1 Å². The smallest absolute Gasteiger partial charge is 0.387 e. The molecular formula is C14H15ClF2N2O2S. The maximum atomic E-state index is 12.6. The SMILES string of the molecule is COCCSc1ccc(OC(F)F)c(-n2ccc(C)n2)c1Cl. The number of ether oxygens (including phenoxy) is 2. The van der Waals surface area contributed by atoms with Crippen LogP contribution in [0.4, 0.5) is 8.78 Å². The van der Waals surface area contributed by atoms with E-state index in [0.717, 1.165) is 10.6 Å². The third-order valence-electron chi connectivity index (χ3n) is 2.76. The van der Waals surface area contributed by atoms with Gasteiger partial charge in [0.15, 0.2) is 5.75 Å². The lowest BCUT2D eigenvalue weighted by Crippen LogP contribution is -2.07. The molecule has 0 aliphatic rings. The van der Waals surface area contributed by atoms with Gasteiger partial charge in [-0.1, -0.05) is 11.6 Å². The number of alkyl halides is 2. The quantitative estimate of drug-likeness (QED) is 0.555. The lowest BCUT2D eigenvalue weighted by Gasteiger charge is -2.15. The van der Waals surface area contributed by atoms with Crippen molar-refractivity contribution in [1.82, 2.24) is 9.78 Å². The van der Waals surface area contributed by atoms with Crippen LogP contribution in [0.2, 0.25) is 5.02 Å². The van der Waals surface area contributed by atoms with Crippen molar-refractivity contribution in [3.8, 4) is 11.4 Å². The van der Waals surface area contributed by atoms with Crippen LogP contribution >= 0.6 is 23.4 Å². The molecule has 0 atom stereocenters. The molecular weight excluding hydrogens is 334 g/mol. The predicted octanol–water partition coefficient (Wildman–Crippen LogP) is 4.17. The number of hydrogen-bond donors (Lipinski definition) is 0. The fourth-order valence-electron chi connectivity index (χ4n) is 1.82. The maximum Gasteiger partial charge on any atom is 0.387 e. The van der Waals surface area contributed by atoms with Crippen molar-refractivity contribution < 1.29 is 18.3 Å². The van der Waals surface area contributed by atoms with Gasteiger partial charge in [-0.15, -0.1) is 11.8 Å². The molecule has 0 amide bonds. The van der Waals surface area contributed by atoms with Crippen LogP contribution in [0, 0.1) is 6.92 Å². The van der Waals surface area contributed by atoms with E-state index < -0.39 is 6.61 Å². The highest BCUT2D eigenvalue weighted by atomic mass is 35.5. The van der Waals surface area contributed by atoms with Gasteiger partial charge in [0.2, 0.25) is 0 Å². The number of aromatic nitrogens is 2. The van der Waals surface area contributed by atoms with Crippen LogP contribution in [-0.2, 0) is 4.74 Å². The minimum Gasteiger partial charge on any atom is -0.432 e. The first kappa shape index (κ1) is 17.1. The highest BCUT2D eigenvalue weighted by Gasteiger charge is 2.18. The fraction of sp³-hybridized carbons (Fsp3) is 0.357. The number of aryl methyl sites for hydroxylation is 1. The lowest BCUT2D eigenvalue weighted by atomic mass is 10.3. The molecule has 0 aliphatic heterocycles. The zero-order chi connectivity index (χ0) is 16.1. The third kappa shape index (κ3) is 4.12. The Labute approximate surface area is 136 Å². The summed E-state index contributed by atoms with van der Waals surface area (Å²) >= 11 is 7.85. The molecule has 1 aromatic carbocycles. The van der Waals surface area contributed by atoms with E-state index in [1.807, 2.05) is 0 Å². The Bertz CT molecular complexity index is 637. The van der Waals surface area contributed by atoms with E-state index in [-0.39, 0.29) is 5.75 Å². The normalized spacial score (nSPS) is 11.2. The van der Waals surface area contributed by atoms with Gasteiger partial charge in [0, 0.05) is 24.0 Å². The molecule has 0 saturated heterocycles. The highest BCUT2D eigenvalue weighted by molar-refractivity contribution is 7.99. The number of thioether (sulfide) groups is 1. The first-order chi connectivity index (χ1) is 10.5.